The summed E-state index contributed by atoms with van der Waals surface area (Å²) in [5.74, 6) is 0. The molecule has 2 N–H and O–H groups in total. The van der Waals surface area contributed by atoms with Crippen LogP contribution in [-0.4, -0.2) is 37.1 Å². The lowest BCUT2D eigenvalue weighted by Gasteiger charge is -2.23. The second-order valence-electron chi connectivity index (χ2n) is 4.46. The van der Waals surface area contributed by atoms with Gasteiger partial charge in [-0.05, 0) is 31.0 Å². The molecule has 1 aromatic rings. The Bertz CT molecular complexity index is 488. The number of nitrogens with zero attached hydrogens (tertiary/aromatic N) is 2. The fourth-order valence-electron chi connectivity index (χ4n) is 1.93. The van der Waals surface area contributed by atoms with Gasteiger partial charge in [-0.1, -0.05) is 6.42 Å². The molecule has 0 aliphatic carbocycles. The van der Waals surface area contributed by atoms with Crippen molar-refractivity contribution in [3.05, 3.63) is 11.5 Å². The van der Waals surface area contributed by atoms with E-state index in [4.69, 9.17) is 11.6 Å². The van der Waals surface area contributed by atoms with Crippen LogP contribution in [0, 0.1) is 0 Å². The van der Waals surface area contributed by atoms with Crippen molar-refractivity contribution in [2.75, 3.05) is 13.1 Å². The summed E-state index contributed by atoms with van der Waals surface area (Å²) in [5, 5.41) is 3.40. The van der Waals surface area contributed by atoms with Crippen LogP contribution in [0.5, 0.6) is 0 Å². The summed E-state index contributed by atoms with van der Waals surface area (Å²) < 4.78 is 28.0. The van der Waals surface area contributed by atoms with E-state index in [1.807, 2.05) is 0 Å². The van der Waals surface area contributed by atoms with E-state index in [1.54, 1.807) is 7.05 Å². The van der Waals surface area contributed by atoms with E-state index < -0.39 is 10.0 Å². The van der Waals surface area contributed by atoms with E-state index in [2.05, 4.69) is 15.0 Å². The monoisotopic (exact) mass is 292 g/mol. The third-order valence-corrected chi connectivity index (χ3v) is 4.65. The zero-order valence-electron chi connectivity index (χ0n) is 10.2. The van der Waals surface area contributed by atoms with Gasteiger partial charge in [-0.25, -0.2) is 18.1 Å². The quantitative estimate of drug-likeness (QED) is 0.847. The van der Waals surface area contributed by atoms with Crippen LogP contribution < -0.4 is 10.0 Å². The van der Waals surface area contributed by atoms with Crippen LogP contribution in [0.1, 0.15) is 19.3 Å². The number of aryl methyl sites for hydroxylation is 1. The van der Waals surface area contributed by atoms with Crippen LogP contribution in [0.3, 0.4) is 0 Å². The maximum absolute atomic E-state index is 12.0. The minimum absolute atomic E-state index is 0.0363. The number of hydrogen-bond donors (Lipinski definition) is 2. The van der Waals surface area contributed by atoms with Crippen LogP contribution in [0.25, 0.3) is 0 Å². The molecule has 1 aliphatic heterocycles. The van der Waals surface area contributed by atoms with Gasteiger partial charge in [0.2, 0.25) is 5.28 Å². The predicted molar refractivity (Wildman–Crippen MR) is 69.0 cm³/mol. The standard InChI is InChI=1S/C10H17ClN4O2S/c1-15-7-9(14-10(15)11)18(16,17)13-6-8-4-2-3-5-12-8/h7-8,12-13H,2-6H2,1H3/t8-/m0/s1. The normalized spacial score (nSPS) is 21.1. The van der Waals surface area contributed by atoms with Crippen LogP contribution >= 0.6 is 11.6 Å². The molecule has 2 rings (SSSR count). The van der Waals surface area contributed by atoms with Crippen LogP contribution in [0.2, 0.25) is 5.28 Å². The molecule has 0 unspecified atom stereocenters. The Morgan fingerprint density at radius 3 is 2.94 bits per heavy atom. The summed E-state index contributed by atoms with van der Waals surface area (Å²) in [4.78, 5) is 3.80. The van der Waals surface area contributed by atoms with Gasteiger partial charge in [0.25, 0.3) is 10.0 Å². The molecule has 0 saturated carbocycles. The van der Waals surface area contributed by atoms with Crippen molar-refractivity contribution >= 4 is 21.6 Å². The number of sulfonamides is 1. The zero-order valence-corrected chi connectivity index (χ0v) is 11.8. The van der Waals surface area contributed by atoms with E-state index in [9.17, 15) is 8.42 Å². The van der Waals surface area contributed by atoms with Gasteiger partial charge in [0.05, 0.1) is 0 Å². The number of hydrogen-bond acceptors (Lipinski definition) is 4. The average Bonchev–Trinajstić information content (AvgIpc) is 2.70. The fraction of sp³-hybridized carbons (Fsp3) is 0.700. The fourth-order valence-corrected chi connectivity index (χ4v) is 3.19. The molecule has 102 valence electrons. The minimum Gasteiger partial charge on any atom is -0.323 e. The Kier molecular flexibility index (Phi) is 4.26. The number of nitrogens with one attached hydrogen (secondary N) is 2. The molecule has 0 aromatic carbocycles. The molecular weight excluding hydrogens is 276 g/mol. The molecule has 0 radical (unpaired) electrons. The first-order valence-corrected chi connectivity index (χ1v) is 7.77. The highest BCUT2D eigenvalue weighted by molar-refractivity contribution is 7.89. The minimum atomic E-state index is -3.57. The molecule has 1 saturated heterocycles. The first kappa shape index (κ1) is 13.8. The Labute approximate surface area is 112 Å². The highest BCUT2D eigenvalue weighted by atomic mass is 35.5. The molecule has 8 heteroatoms. The molecule has 0 bridgehead atoms. The summed E-state index contributed by atoms with van der Waals surface area (Å²) in [6, 6.07) is 0.202. The van der Waals surface area contributed by atoms with Gasteiger partial charge >= 0.3 is 0 Å². The Balaban J connectivity index is 1.98. The van der Waals surface area contributed by atoms with Gasteiger partial charge in [0, 0.05) is 25.8 Å². The van der Waals surface area contributed by atoms with Gasteiger partial charge in [-0.15, -0.1) is 0 Å². The molecule has 0 spiro atoms. The van der Waals surface area contributed by atoms with Crippen molar-refractivity contribution in [2.24, 2.45) is 7.05 Å². The number of aromatic nitrogens is 2. The summed E-state index contributed by atoms with van der Waals surface area (Å²) in [7, 11) is -1.92. The first-order chi connectivity index (χ1) is 8.49. The maximum atomic E-state index is 12.0. The third-order valence-electron chi connectivity index (χ3n) is 3.01. The maximum Gasteiger partial charge on any atom is 0.259 e. The summed E-state index contributed by atoms with van der Waals surface area (Å²) >= 11 is 5.73. The van der Waals surface area contributed by atoms with Crippen molar-refractivity contribution in [1.82, 2.24) is 19.6 Å². The highest BCUT2D eigenvalue weighted by Gasteiger charge is 2.21. The topological polar surface area (TPSA) is 76.0 Å². The second-order valence-corrected chi connectivity index (χ2v) is 6.51. The van der Waals surface area contributed by atoms with Crippen molar-refractivity contribution in [1.29, 1.82) is 0 Å². The summed E-state index contributed by atoms with van der Waals surface area (Å²) in [6.07, 6.45) is 4.68. The van der Waals surface area contributed by atoms with Gasteiger partial charge in [-0.2, -0.15) is 0 Å². The number of halogens is 1. The molecule has 1 aromatic heterocycles. The second kappa shape index (κ2) is 5.56. The molecule has 2 heterocycles. The van der Waals surface area contributed by atoms with E-state index in [0.717, 1.165) is 25.8 Å². The molecule has 1 aliphatic rings. The Morgan fingerprint density at radius 2 is 2.39 bits per heavy atom. The van der Waals surface area contributed by atoms with E-state index in [0.29, 0.717) is 6.54 Å². The van der Waals surface area contributed by atoms with Crippen LogP contribution in [0.4, 0.5) is 0 Å². The lowest BCUT2D eigenvalue weighted by atomic mass is 10.1. The Hall–Kier alpha value is -0.630. The molecule has 1 atom stereocenters. The van der Waals surface area contributed by atoms with Gasteiger partial charge in [-0.3, -0.25) is 0 Å². The largest absolute Gasteiger partial charge is 0.323 e. The van der Waals surface area contributed by atoms with Crippen molar-refractivity contribution in [2.45, 2.75) is 30.3 Å². The van der Waals surface area contributed by atoms with Gasteiger partial charge in [0.15, 0.2) is 5.03 Å². The van der Waals surface area contributed by atoms with Crippen LogP contribution in [0.15, 0.2) is 11.2 Å². The lowest BCUT2D eigenvalue weighted by Crippen LogP contribution is -2.43. The van der Waals surface area contributed by atoms with E-state index >= 15 is 0 Å². The molecule has 1 fully saturated rings. The average molecular weight is 293 g/mol. The number of piperidine rings is 1. The molecular formula is C10H17ClN4O2S. The van der Waals surface area contributed by atoms with Crippen molar-refractivity contribution in [3.8, 4) is 0 Å². The third kappa shape index (κ3) is 3.23. The smallest absolute Gasteiger partial charge is 0.259 e. The van der Waals surface area contributed by atoms with Crippen LogP contribution in [-0.2, 0) is 17.1 Å². The Morgan fingerprint density at radius 1 is 1.61 bits per heavy atom. The van der Waals surface area contributed by atoms with Crippen molar-refractivity contribution < 1.29 is 8.42 Å². The predicted octanol–water partition coefficient (Wildman–Crippen LogP) is 0.494. The van der Waals surface area contributed by atoms with Crippen molar-refractivity contribution in [3.63, 3.8) is 0 Å². The van der Waals surface area contributed by atoms with E-state index in [-0.39, 0.29) is 16.4 Å². The van der Waals surface area contributed by atoms with E-state index in [1.165, 1.54) is 10.8 Å². The molecule has 18 heavy (non-hydrogen) atoms. The number of rotatable bonds is 4. The SMILES string of the molecule is Cn1cc(S(=O)(=O)NC[C@@H]2CCCCN2)nc1Cl. The highest BCUT2D eigenvalue weighted by Crippen LogP contribution is 2.12. The van der Waals surface area contributed by atoms with Gasteiger partial charge in [0.1, 0.15) is 0 Å². The number of imidazole rings is 1. The summed E-state index contributed by atoms with van der Waals surface area (Å²) in [6.45, 7) is 1.33. The molecule has 6 nitrogen and oxygen atoms in total. The van der Waals surface area contributed by atoms with Gasteiger partial charge < -0.3 is 9.88 Å². The summed E-state index contributed by atoms with van der Waals surface area (Å²) in [5.41, 5.74) is 0. The zero-order chi connectivity index (χ0) is 13.2. The lowest BCUT2D eigenvalue weighted by molar-refractivity contribution is 0.398. The first-order valence-electron chi connectivity index (χ1n) is 5.91. The molecule has 0 amide bonds.